The van der Waals surface area contributed by atoms with E-state index in [-0.39, 0.29) is 0 Å². The van der Waals surface area contributed by atoms with Gasteiger partial charge in [0.15, 0.2) is 0 Å². The molecule has 0 amide bonds. The lowest BCUT2D eigenvalue weighted by Crippen LogP contribution is -2.33. The summed E-state index contributed by atoms with van der Waals surface area (Å²) in [6.07, 6.45) is 5.67. The van der Waals surface area contributed by atoms with Gasteiger partial charge in [-0.1, -0.05) is 0 Å². The van der Waals surface area contributed by atoms with Gasteiger partial charge < -0.3 is 5.32 Å². The van der Waals surface area contributed by atoms with Gasteiger partial charge in [-0.3, -0.25) is 0 Å². The molecule has 1 saturated heterocycles. The Morgan fingerprint density at radius 2 is 2.36 bits per heavy atom. The van der Waals surface area contributed by atoms with Crippen molar-refractivity contribution in [3.63, 3.8) is 0 Å². The Bertz CT molecular complexity index is 136. The minimum Gasteiger partial charge on any atom is -0.313 e. The fourth-order valence-electron chi connectivity index (χ4n) is 1.62. The van der Waals surface area contributed by atoms with Crippen molar-refractivity contribution in [1.29, 1.82) is 0 Å². The number of hydrogen-bond donors (Lipinski definition) is 1. The van der Waals surface area contributed by atoms with E-state index < -0.39 is 0 Å². The van der Waals surface area contributed by atoms with E-state index in [4.69, 9.17) is 0 Å². The maximum atomic E-state index is 3.62. The van der Waals surface area contributed by atoms with Crippen molar-refractivity contribution in [1.82, 2.24) is 5.32 Å². The quantitative estimate of drug-likeness (QED) is 0.697. The van der Waals surface area contributed by atoms with Crippen molar-refractivity contribution in [2.75, 3.05) is 12.3 Å². The highest BCUT2D eigenvalue weighted by molar-refractivity contribution is 8.00. The van der Waals surface area contributed by atoms with Crippen LogP contribution in [0.15, 0.2) is 0 Å². The third-order valence-corrected chi connectivity index (χ3v) is 4.18. The lowest BCUT2D eigenvalue weighted by molar-refractivity contribution is 0.535. The van der Waals surface area contributed by atoms with Crippen LogP contribution in [0, 0.1) is 0 Å². The highest BCUT2D eigenvalue weighted by Crippen LogP contribution is 2.37. The molecular formula is C9H17NS. The molecule has 1 N–H and O–H groups in total. The van der Waals surface area contributed by atoms with Gasteiger partial charge in [-0.2, -0.15) is 11.8 Å². The van der Waals surface area contributed by atoms with Crippen LogP contribution in [0.3, 0.4) is 0 Å². The van der Waals surface area contributed by atoms with Crippen LogP contribution in [0.5, 0.6) is 0 Å². The molecule has 1 unspecified atom stereocenters. The van der Waals surface area contributed by atoms with Gasteiger partial charge in [0.1, 0.15) is 0 Å². The predicted molar refractivity (Wildman–Crippen MR) is 51.1 cm³/mol. The van der Waals surface area contributed by atoms with Gasteiger partial charge in [0.2, 0.25) is 0 Å². The molecule has 64 valence electrons. The van der Waals surface area contributed by atoms with Gasteiger partial charge in [-0.25, -0.2) is 0 Å². The van der Waals surface area contributed by atoms with Crippen molar-refractivity contribution < 1.29 is 0 Å². The van der Waals surface area contributed by atoms with E-state index in [1.807, 2.05) is 0 Å². The first-order valence-electron chi connectivity index (χ1n) is 4.66. The average molecular weight is 171 g/mol. The molecule has 1 saturated carbocycles. The molecule has 2 rings (SSSR count). The average Bonchev–Trinajstić information content (AvgIpc) is 2.73. The van der Waals surface area contributed by atoms with Crippen LogP contribution in [0.2, 0.25) is 0 Å². The van der Waals surface area contributed by atoms with Gasteiger partial charge in [0.25, 0.3) is 0 Å². The van der Waals surface area contributed by atoms with Gasteiger partial charge in [-0.15, -0.1) is 0 Å². The first kappa shape index (κ1) is 7.93. The van der Waals surface area contributed by atoms with Gasteiger partial charge >= 0.3 is 0 Å². The summed E-state index contributed by atoms with van der Waals surface area (Å²) in [6, 6.07) is 0.882. The minimum absolute atomic E-state index is 0.572. The van der Waals surface area contributed by atoms with Crippen molar-refractivity contribution in [2.45, 2.75) is 43.4 Å². The highest BCUT2D eigenvalue weighted by atomic mass is 32.2. The molecule has 1 aliphatic carbocycles. The fraction of sp³-hybridized carbons (Fsp3) is 1.00. The Morgan fingerprint density at radius 3 is 2.91 bits per heavy atom. The Morgan fingerprint density at radius 1 is 1.55 bits per heavy atom. The normalized spacial score (nSPS) is 37.9. The molecule has 1 heterocycles. The zero-order valence-electron chi connectivity index (χ0n) is 7.23. The van der Waals surface area contributed by atoms with Crippen LogP contribution < -0.4 is 5.32 Å². The summed E-state index contributed by atoms with van der Waals surface area (Å²) < 4.78 is 0.572. The Balaban J connectivity index is 1.73. The summed E-state index contributed by atoms with van der Waals surface area (Å²) in [5.41, 5.74) is 0. The van der Waals surface area contributed by atoms with Gasteiger partial charge in [0.05, 0.1) is 0 Å². The van der Waals surface area contributed by atoms with E-state index in [1.165, 1.54) is 38.0 Å². The topological polar surface area (TPSA) is 12.0 Å². The third-order valence-electron chi connectivity index (χ3n) is 2.64. The van der Waals surface area contributed by atoms with Crippen LogP contribution in [0.25, 0.3) is 0 Å². The van der Waals surface area contributed by atoms with Crippen molar-refractivity contribution in [3.8, 4) is 0 Å². The first-order chi connectivity index (χ1) is 5.29. The molecule has 1 nitrogen and oxygen atoms in total. The zero-order valence-corrected chi connectivity index (χ0v) is 8.04. The SMILES string of the molecule is CC1(CNC2CC2)CCCS1. The van der Waals surface area contributed by atoms with Gasteiger partial charge in [-0.05, 0) is 38.4 Å². The molecular weight excluding hydrogens is 154 g/mol. The molecule has 0 radical (unpaired) electrons. The van der Waals surface area contributed by atoms with Gasteiger partial charge in [0, 0.05) is 17.3 Å². The van der Waals surface area contributed by atoms with E-state index in [9.17, 15) is 0 Å². The smallest absolute Gasteiger partial charge is 0.0256 e. The van der Waals surface area contributed by atoms with E-state index in [2.05, 4.69) is 24.0 Å². The molecule has 2 fully saturated rings. The first-order valence-corrected chi connectivity index (χ1v) is 5.64. The molecule has 2 heteroatoms. The van der Waals surface area contributed by atoms with Crippen molar-refractivity contribution in [2.24, 2.45) is 0 Å². The van der Waals surface area contributed by atoms with E-state index in [0.717, 1.165) is 6.04 Å². The second kappa shape index (κ2) is 2.98. The summed E-state index contributed by atoms with van der Waals surface area (Å²) in [5.74, 6) is 1.38. The molecule has 0 spiro atoms. The number of thioether (sulfide) groups is 1. The van der Waals surface area contributed by atoms with E-state index >= 15 is 0 Å². The third kappa shape index (κ3) is 2.12. The maximum absolute atomic E-state index is 3.62. The van der Waals surface area contributed by atoms with Crippen molar-refractivity contribution in [3.05, 3.63) is 0 Å². The standard InChI is InChI=1S/C9H17NS/c1-9(5-2-6-11-9)7-10-8-3-4-8/h8,10H,2-7H2,1H3. The van der Waals surface area contributed by atoms with Crippen LogP contribution in [0.4, 0.5) is 0 Å². The monoisotopic (exact) mass is 171 g/mol. The molecule has 2 aliphatic rings. The summed E-state index contributed by atoms with van der Waals surface area (Å²) in [6.45, 7) is 3.64. The number of hydrogen-bond acceptors (Lipinski definition) is 2. The minimum atomic E-state index is 0.572. The Labute approximate surface area is 73.3 Å². The summed E-state index contributed by atoms with van der Waals surface area (Å²) in [4.78, 5) is 0. The molecule has 1 aliphatic heterocycles. The molecule has 0 bridgehead atoms. The second-order valence-electron chi connectivity index (χ2n) is 4.06. The Hall–Kier alpha value is 0.310. The summed E-state index contributed by atoms with van der Waals surface area (Å²) >= 11 is 2.15. The molecule has 0 aromatic carbocycles. The lowest BCUT2D eigenvalue weighted by Gasteiger charge is -2.22. The summed E-state index contributed by atoms with van der Waals surface area (Å²) in [7, 11) is 0. The maximum Gasteiger partial charge on any atom is 0.0256 e. The van der Waals surface area contributed by atoms with Crippen molar-refractivity contribution >= 4 is 11.8 Å². The van der Waals surface area contributed by atoms with Crippen LogP contribution in [0.1, 0.15) is 32.6 Å². The van der Waals surface area contributed by atoms with Crippen LogP contribution in [-0.2, 0) is 0 Å². The van der Waals surface area contributed by atoms with Crippen LogP contribution in [-0.4, -0.2) is 23.1 Å². The lowest BCUT2D eigenvalue weighted by atomic mass is 10.1. The Kier molecular flexibility index (Phi) is 2.15. The number of nitrogens with one attached hydrogen (secondary N) is 1. The zero-order chi connectivity index (χ0) is 7.73. The summed E-state index contributed by atoms with van der Waals surface area (Å²) in [5, 5.41) is 3.62. The largest absolute Gasteiger partial charge is 0.313 e. The molecule has 1 atom stereocenters. The van der Waals surface area contributed by atoms with E-state index in [0.29, 0.717) is 4.75 Å². The predicted octanol–water partition coefficient (Wildman–Crippen LogP) is 2.02. The second-order valence-corrected chi connectivity index (χ2v) is 5.74. The van der Waals surface area contributed by atoms with Crippen LogP contribution >= 0.6 is 11.8 Å². The number of rotatable bonds is 3. The fourth-order valence-corrected chi connectivity index (χ4v) is 2.88. The highest BCUT2D eigenvalue weighted by Gasteiger charge is 2.31. The molecule has 0 aromatic rings. The molecule has 11 heavy (non-hydrogen) atoms. The molecule has 0 aromatic heterocycles. The van der Waals surface area contributed by atoms with E-state index in [1.54, 1.807) is 0 Å².